The largest absolute Gasteiger partial charge is 0.397 e. The van der Waals surface area contributed by atoms with Crippen LogP contribution in [0.2, 0.25) is 0 Å². The van der Waals surface area contributed by atoms with E-state index in [-0.39, 0.29) is 0 Å². The highest BCUT2D eigenvalue weighted by atomic mass is 15.2. The Labute approximate surface area is 98.7 Å². The Balaban J connectivity index is 2.70. The van der Waals surface area contributed by atoms with Gasteiger partial charge in [0.25, 0.3) is 0 Å². The van der Waals surface area contributed by atoms with Crippen LogP contribution in [0.25, 0.3) is 0 Å². The van der Waals surface area contributed by atoms with Crippen LogP contribution in [0.3, 0.4) is 0 Å². The van der Waals surface area contributed by atoms with Crippen LogP contribution in [0.4, 0.5) is 11.5 Å². The number of anilines is 2. The summed E-state index contributed by atoms with van der Waals surface area (Å²) in [6, 6.07) is 3.92. The van der Waals surface area contributed by atoms with E-state index in [0.717, 1.165) is 30.5 Å². The van der Waals surface area contributed by atoms with Crippen LogP contribution < -0.4 is 10.6 Å². The van der Waals surface area contributed by atoms with Crippen molar-refractivity contribution in [2.45, 2.75) is 33.6 Å². The highest BCUT2D eigenvalue weighted by Gasteiger charge is 2.11. The molecule has 1 rings (SSSR count). The summed E-state index contributed by atoms with van der Waals surface area (Å²) in [5, 5.41) is 0. The van der Waals surface area contributed by atoms with Crippen LogP contribution in [0.5, 0.6) is 0 Å². The average molecular weight is 221 g/mol. The van der Waals surface area contributed by atoms with Crippen molar-refractivity contribution in [2.75, 3.05) is 23.7 Å². The van der Waals surface area contributed by atoms with E-state index in [1.54, 1.807) is 6.20 Å². The van der Waals surface area contributed by atoms with E-state index in [1.807, 2.05) is 12.1 Å². The topological polar surface area (TPSA) is 42.1 Å². The van der Waals surface area contributed by atoms with E-state index in [0.29, 0.717) is 0 Å². The lowest BCUT2D eigenvalue weighted by Crippen LogP contribution is -2.29. The van der Waals surface area contributed by atoms with E-state index in [2.05, 4.69) is 30.7 Å². The first kappa shape index (κ1) is 12.8. The summed E-state index contributed by atoms with van der Waals surface area (Å²) in [4.78, 5) is 6.69. The minimum absolute atomic E-state index is 0.724. The van der Waals surface area contributed by atoms with Crippen molar-refractivity contribution in [3.8, 4) is 0 Å². The summed E-state index contributed by atoms with van der Waals surface area (Å²) in [5.41, 5.74) is 6.37. The minimum atomic E-state index is 0.724. The van der Waals surface area contributed by atoms with Crippen molar-refractivity contribution < 1.29 is 0 Å². The lowest BCUT2D eigenvalue weighted by Gasteiger charge is -2.26. The van der Waals surface area contributed by atoms with E-state index < -0.39 is 0 Å². The maximum Gasteiger partial charge on any atom is 0.128 e. The van der Waals surface area contributed by atoms with E-state index in [1.165, 1.54) is 12.8 Å². The number of aromatic nitrogens is 1. The average Bonchev–Trinajstić information content (AvgIpc) is 2.32. The van der Waals surface area contributed by atoms with E-state index in [4.69, 9.17) is 5.73 Å². The molecule has 0 bridgehead atoms. The Kier molecular flexibility index (Phi) is 5.09. The van der Waals surface area contributed by atoms with Crippen LogP contribution in [0, 0.1) is 5.92 Å². The summed E-state index contributed by atoms with van der Waals surface area (Å²) < 4.78 is 0. The maximum absolute atomic E-state index is 5.64. The molecule has 0 aromatic carbocycles. The Hall–Kier alpha value is -1.25. The highest BCUT2D eigenvalue weighted by molar-refractivity contribution is 5.45. The van der Waals surface area contributed by atoms with Crippen molar-refractivity contribution >= 4 is 11.5 Å². The normalized spacial score (nSPS) is 10.8. The van der Waals surface area contributed by atoms with Crippen molar-refractivity contribution in [3.63, 3.8) is 0 Å². The van der Waals surface area contributed by atoms with Gasteiger partial charge in [-0.3, -0.25) is 0 Å². The molecule has 1 aromatic rings. The predicted octanol–water partition coefficient (Wildman–Crippen LogP) is 2.93. The van der Waals surface area contributed by atoms with Gasteiger partial charge in [-0.05, 0) is 25.0 Å². The quantitative estimate of drug-likeness (QED) is 0.803. The number of pyridine rings is 1. The Morgan fingerprint density at radius 2 is 1.94 bits per heavy atom. The van der Waals surface area contributed by atoms with Gasteiger partial charge < -0.3 is 10.6 Å². The SMILES string of the molecule is CCC(CC)CN(CC)c1ccc(N)cn1. The van der Waals surface area contributed by atoms with Crippen LogP contribution >= 0.6 is 0 Å². The smallest absolute Gasteiger partial charge is 0.128 e. The third-order valence-electron chi connectivity index (χ3n) is 3.11. The lowest BCUT2D eigenvalue weighted by molar-refractivity contribution is 0.484. The number of hydrogen-bond acceptors (Lipinski definition) is 3. The zero-order chi connectivity index (χ0) is 12.0. The third kappa shape index (κ3) is 3.40. The number of rotatable bonds is 6. The molecule has 0 radical (unpaired) electrons. The molecule has 0 aliphatic carbocycles. The zero-order valence-electron chi connectivity index (χ0n) is 10.6. The van der Waals surface area contributed by atoms with Gasteiger partial charge in [-0.1, -0.05) is 26.7 Å². The molecule has 0 aliphatic rings. The second-order valence-electron chi connectivity index (χ2n) is 4.17. The van der Waals surface area contributed by atoms with E-state index in [9.17, 15) is 0 Å². The summed E-state index contributed by atoms with van der Waals surface area (Å²) >= 11 is 0. The molecular weight excluding hydrogens is 198 g/mol. The second-order valence-corrected chi connectivity index (χ2v) is 4.17. The molecule has 2 N–H and O–H groups in total. The number of nitrogens with two attached hydrogens (primary N) is 1. The molecule has 3 heteroatoms. The van der Waals surface area contributed by atoms with Gasteiger partial charge in [0.15, 0.2) is 0 Å². The molecule has 0 fully saturated rings. The fourth-order valence-electron chi connectivity index (χ4n) is 1.83. The van der Waals surface area contributed by atoms with Gasteiger partial charge >= 0.3 is 0 Å². The minimum Gasteiger partial charge on any atom is -0.397 e. The molecule has 0 atom stereocenters. The van der Waals surface area contributed by atoms with Crippen LogP contribution in [-0.2, 0) is 0 Å². The molecule has 0 spiro atoms. The summed E-state index contributed by atoms with van der Waals surface area (Å²) in [6.07, 6.45) is 4.18. The number of nitrogens with zero attached hydrogens (tertiary/aromatic N) is 2. The second kappa shape index (κ2) is 6.36. The lowest BCUT2D eigenvalue weighted by atomic mass is 10.0. The van der Waals surface area contributed by atoms with Crippen molar-refractivity contribution in [1.29, 1.82) is 0 Å². The van der Waals surface area contributed by atoms with Crippen LogP contribution in [0.1, 0.15) is 33.6 Å². The first-order valence-corrected chi connectivity index (χ1v) is 6.17. The Morgan fingerprint density at radius 3 is 2.38 bits per heavy atom. The van der Waals surface area contributed by atoms with E-state index >= 15 is 0 Å². The van der Waals surface area contributed by atoms with Crippen molar-refractivity contribution in [3.05, 3.63) is 18.3 Å². The van der Waals surface area contributed by atoms with Crippen molar-refractivity contribution in [1.82, 2.24) is 4.98 Å². The summed E-state index contributed by atoms with van der Waals surface area (Å²) in [7, 11) is 0. The molecule has 1 heterocycles. The van der Waals surface area contributed by atoms with Gasteiger partial charge in [-0.25, -0.2) is 4.98 Å². The molecule has 3 nitrogen and oxygen atoms in total. The van der Waals surface area contributed by atoms with Gasteiger partial charge in [0.2, 0.25) is 0 Å². The molecule has 0 unspecified atom stereocenters. The molecule has 0 saturated carbocycles. The van der Waals surface area contributed by atoms with Gasteiger partial charge in [-0.15, -0.1) is 0 Å². The fourth-order valence-corrected chi connectivity index (χ4v) is 1.83. The predicted molar refractivity (Wildman–Crippen MR) is 70.6 cm³/mol. The first-order chi connectivity index (χ1) is 7.71. The third-order valence-corrected chi connectivity index (χ3v) is 3.11. The van der Waals surface area contributed by atoms with Crippen LogP contribution in [-0.4, -0.2) is 18.1 Å². The first-order valence-electron chi connectivity index (χ1n) is 6.17. The number of hydrogen-bond donors (Lipinski definition) is 1. The maximum atomic E-state index is 5.64. The fraction of sp³-hybridized carbons (Fsp3) is 0.615. The zero-order valence-corrected chi connectivity index (χ0v) is 10.6. The molecule has 0 saturated heterocycles. The van der Waals surface area contributed by atoms with Gasteiger partial charge in [0.1, 0.15) is 5.82 Å². The molecule has 0 aliphatic heterocycles. The van der Waals surface area contributed by atoms with Gasteiger partial charge in [-0.2, -0.15) is 0 Å². The standard InChI is InChI=1S/C13H23N3/c1-4-11(5-2)10-16(6-3)13-8-7-12(14)9-15-13/h7-9,11H,4-6,10,14H2,1-3H3. The number of nitrogen functional groups attached to an aromatic ring is 1. The molecule has 16 heavy (non-hydrogen) atoms. The van der Waals surface area contributed by atoms with Crippen molar-refractivity contribution in [2.24, 2.45) is 5.92 Å². The summed E-state index contributed by atoms with van der Waals surface area (Å²) in [6.45, 7) is 8.74. The molecule has 0 amide bonds. The molecular formula is C13H23N3. The Morgan fingerprint density at radius 1 is 1.25 bits per heavy atom. The van der Waals surface area contributed by atoms with Crippen LogP contribution in [0.15, 0.2) is 18.3 Å². The molecule has 90 valence electrons. The molecule has 1 aromatic heterocycles. The van der Waals surface area contributed by atoms with Gasteiger partial charge in [0.05, 0.1) is 11.9 Å². The summed E-state index contributed by atoms with van der Waals surface area (Å²) in [5.74, 6) is 1.78. The van der Waals surface area contributed by atoms with Gasteiger partial charge in [0, 0.05) is 13.1 Å². The monoisotopic (exact) mass is 221 g/mol. The highest BCUT2D eigenvalue weighted by Crippen LogP contribution is 2.16. The Bertz CT molecular complexity index is 291.